The van der Waals surface area contributed by atoms with Crippen molar-refractivity contribution in [1.82, 2.24) is 0 Å². The fourth-order valence-corrected chi connectivity index (χ4v) is 2.08. The fourth-order valence-electron chi connectivity index (χ4n) is 1.67. The molecule has 0 amide bonds. The molecule has 0 saturated carbocycles. The largest absolute Gasteiger partial charge is 0.496 e. The molecule has 0 spiro atoms. The molecule has 0 bridgehead atoms. The lowest BCUT2D eigenvalue weighted by atomic mass is 10.2. The fraction of sp³-hybridized carbons (Fsp3) is 0.143. The second kappa shape index (κ2) is 6.09. The van der Waals surface area contributed by atoms with Crippen LogP contribution < -0.4 is 15.2 Å². The number of nitrogen functional groups attached to an aromatic ring is 1. The lowest BCUT2D eigenvalue weighted by Crippen LogP contribution is -2.02. The third-order valence-corrected chi connectivity index (χ3v) is 3.11. The number of hydrogen-bond acceptors (Lipinski definition) is 3. The van der Waals surface area contributed by atoms with Crippen molar-refractivity contribution in [3.63, 3.8) is 0 Å². The first-order chi connectivity index (χ1) is 9.51. The lowest BCUT2D eigenvalue weighted by molar-refractivity contribution is 0.277. The molecule has 0 unspecified atom stereocenters. The van der Waals surface area contributed by atoms with Gasteiger partial charge in [-0.3, -0.25) is 0 Å². The summed E-state index contributed by atoms with van der Waals surface area (Å²) in [6, 6.07) is 7.42. The van der Waals surface area contributed by atoms with E-state index in [0.717, 1.165) is 6.07 Å². The summed E-state index contributed by atoms with van der Waals surface area (Å²) in [7, 11) is 1.50. The van der Waals surface area contributed by atoms with Gasteiger partial charge in [0, 0.05) is 21.8 Å². The molecular formula is C14H12BrF2NO2. The number of anilines is 1. The molecule has 2 N–H and O–H groups in total. The third kappa shape index (κ3) is 3.19. The monoisotopic (exact) mass is 343 g/mol. The zero-order chi connectivity index (χ0) is 14.7. The molecule has 2 aromatic rings. The molecule has 0 heterocycles. The van der Waals surface area contributed by atoms with E-state index < -0.39 is 11.6 Å². The highest BCUT2D eigenvalue weighted by atomic mass is 79.9. The molecule has 0 radical (unpaired) electrons. The minimum absolute atomic E-state index is 0.0380. The van der Waals surface area contributed by atoms with E-state index in [4.69, 9.17) is 15.2 Å². The van der Waals surface area contributed by atoms with Crippen LogP contribution in [-0.4, -0.2) is 7.11 Å². The van der Waals surface area contributed by atoms with Crippen molar-refractivity contribution in [1.29, 1.82) is 0 Å². The summed E-state index contributed by atoms with van der Waals surface area (Å²) in [6.07, 6.45) is 0. The van der Waals surface area contributed by atoms with Crippen molar-refractivity contribution in [2.24, 2.45) is 0 Å². The van der Waals surface area contributed by atoms with Crippen LogP contribution >= 0.6 is 15.9 Å². The number of benzene rings is 2. The number of rotatable bonds is 4. The summed E-state index contributed by atoms with van der Waals surface area (Å²) >= 11 is 3.08. The van der Waals surface area contributed by atoms with E-state index in [1.165, 1.54) is 13.2 Å². The van der Waals surface area contributed by atoms with Crippen LogP contribution in [0.15, 0.2) is 34.8 Å². The molecule has 0 aliphatic carbocycles. The van der Waals surface area contributed by atoms with E-state index >= 15 is 0 Å². The van der Waals surface area contributed by atoms with Gasteiger partial charge in [-0.1, -0.05) is 15.9 Å². The Kier molecular flexibility index (Phi) is 4.44. The molecule has 0 aliphatic heterocycles. The van der Waals surface area contributed by atoms with Gasteiger partial charge in [-0.15, -0.1) is 0 Å². The number of halogens is 3. The topological polar surface area (TPSA) is 44.5 Å². The summed E-state index contributed by atoms with van der Waals surface area (Å²) in [5, 5.41) is 0. The average molecular weight is 344 g/mol. The van der Waals surface area contributed by atoms with Gasteiger partial charge in [0.2, 0.25) is 5.82 Å². The minimum atomic E-state index is -1.03. The summed E-state index contributed by atoms with van der Waals surface area (Å²) < 4.78 is 37.7. The smallest absolute Gasteiger partial charge is 0.200 e. The molecule has 6 heteroatoms. The van der Waals surface area contributed by atoms with Gasteiger partial charge in [0.25, 0.3) is 0 Å². The zero-order valence-corrected chi connectivity index (χ0v) is 12.2. The van der Waals surface area contributed by atoms with E-state index in [0.29, 0.717) is 21.5 Å². The van der Waals surface area contributed by atoms with Crippen LogP contribution in [0.4, 0.5) is 14.5 Å². The van der Waals surface area contributed by atoms with Gasteiger partial charge < -0.3 is 15.2 Å². The summed E-state index contributed by atoms with van der Waals surface area (Å²) in [5.41, 5.74) is 6.87. The average Bonchev–Trinajstić information content (AvgIpc) is 2.42. The van der Waals surface area contributed by atoms with Crippen molar-refractivity contribution in [3.8, 4) is 11.5 Å². The van der Waals surface area contributed by atoms with Crippen LogP contribution in [0.5, 0.6) is 11.5 Å². The molecule has 0 aliphatic rings. The molecule has 0 saturated heterocycles. The SMILES string of the molecule is COc1cc(N)ccc1COc1cc(Br)cc(F)c1F. The Hall–Kier alpha value is -1.82. The van der Waals surface area contributed by atoms with Crippen molar-refractivity contribution in [3.05, 3.63) is 52.0 Å². The molecule has 2 aromatic carbocycles. The van der Waals surface area contributed by atoms with Crippen molar-refractivity contribution in [2.45, 2.75) is 6.61 Å². The van der Waals surface area contributed by atoms with Crippen molar-refractivity contribution >= 4 is 21.6 Å². The standard InChI is InChI=1S/C14H12BrF2NO2/c1-19-12-6-10(18)3-2-8(12)7-20-13-5-9(15)4-11(16)14(13)17/h2-6H,7,18H2,1H3. The van der Waals surface area contributed by atoms with E-state index in [2.05, 4.69) is 15.9 Å². The van der Waals surface area contributed by atoms with Gasteiger partial charge in [0.15, 0.2) is 11.6 Å². The number of ether oxygens (including phenoxy) is 2. The van der Waals surface area contributed by atoms with Crippen LogP contribution in [0.25, 0.3) is 0 Å². The second-order valence-electron chi connectivity index (χ2n) is 4.06. The molecule has 3 nitrogen and oxygen atoms in total. The first-order valence-corrected chi connectivity index (χ1v) is 6.50. The van der Waals surface area contributed by atoms with E-state index in [1.54, 1.807) is 18.2 Å². The van der Waals surface area contributed by atoms with Gasteiger partial charge in [-0.25, -0.2) is 4.39 Å². The van der Waals surface area contributed by atoms with Crippen LogP contribution in [0.2, 0.25) is 0 Å². The van der Waals surface area contributed by atoms with Gasteiger partial charge in [-0.05, 0) is 24.3 Å². The first-order valence-electron chi connectivity index (χ1n) is 5.71. The maximum atomic E-state index is 13.6. The van der Waals surface area contributed by atoms with Crippen molar-refractivity contribution < 1.29 is 18.3 Å². The lowest BCUT2D eigenvalue weighted by Gasteiger charge is -2.12. The molecule has 0 fully saturated rings. The van der Waals surface area contributed by atoms with E-state index in [-0.39, 0.29) is 12.4 Å². The van der Waals surface area contributed by atoms with E-state index in [9.17, 15) is 8.78 Å². The van der Waals surface area contributed by atoms with Crippen LogP contribution in [0.1, 0.15) is 5.56 Å². The van der Waals surface area contributed by atoms with Gasteiger partial charge in [0.05, 0.1) is 7.11 Å². The minimum Gasteiger partial charge on any atom is -0.496 e. The Morgan fingerprint density at radius 1 is 1.15 bits per heavy atom. The second-order valence-corrected chi connectivity index (χ2v) is 4.98. The molecule has 106 valence electrons. The number of nitrogens with two attached hydrogens (primary N) is 1. The van der Waals surface area contributed by atoms with Crippen LogP contribution in [0, 0.1) is 11.6 Å². The maximum absolute atomic E-state index is 13.6. The molecule has 2 rings (SSSR count). The van der Waals surface area contributed by atoms with Gasteiger partial charge in [-0.2, -0.15) is 4.39 Å². The predicted molar refractivity (Wildman–Crippen MR) is 75.8 cm³/mol. The summed E-state index contributed by atoms with van der Waals surface area (Å²) in [6.45, 7) is 0.0380. The first kappa shape index (κ1) is 14.6. The Balaban J connectivity index is 2.21. The quantitative estimate of drug-likeness (QED) is 0.676. The van der Waals surface area contributed by atoms with Crippen LogP contribution in [0.3, 0.4) is 0 Å². The number of methoxy groups -OCH3 is 1. The highest BCUT2D eigenvalue weighted by molar-refractivity contribution is 9.10. The van der Waals surface area contributed by atoms with E-state index in [1.807, 2.05) is 0 Å². The highest BCUT2D eigenvalue weighted by Crippen LogP contribution is 2.28. The number of hydrogen-bond donors (Lipinski definition) is 1. The van der Waals surface area contributed by atoms with Crippen molar-refractivity contribution in [2.75, 3.05) is 12.8 Å². The summed E-state index contributed by atoms with van der Waals surface area (Å²) in [5.74, 6) is -1.64. The predicted octanol–water partition coefficient (Wildman–Crippen LogP) is 3.90. The Morgan fingerprint density at radius 2 is 1.90 bits per heavy atom. The molecular weight excluding hydrogens is 332 g/mol. The molecule has 20 heavy (non-hydrogen) atoms. The van der Waals surface area contributed by atoms with Crippen LogP contribution in [-0.2, 0) is 6.61 Å². The Labute approximate surface area is 123 Å². The molecule has 0 atom stereocenters. The Morgan fingerprint density at radius 3 is 2.60 bits per heavy atom. The Bertz CT molecular complexity index is 635. The normalized spacial score (nSPS) is 10.4. The summed E-state index contributed by atoms with van der Waals surface area (Å²) in [4.78, 5) is 0. The zero-order valence-electron chi connectivity index (χ0n) is 10.6. The maximum Gasteiger partial charge on any atom is 0.200 e. The molecule has 0 aromatic heterocycles. The third-order valence-electron chi connectivity index (χ3n) is 2.65. The van der Waals surface area contributed by atoms with Gasteiger partial charge in [0.1, 0.15) is 12.4 Å². The highest BCUT2D eigenvalue weighted by Gasteiger charge is 2.12. The van der Waals surface area contributed by atoms with Gasteiger partial charge >= 0.3 is 0 Å².